The Hall–Kier alpha value is -1.95. The van der Waals surface area contributed by atoms with E-state index in [4.69, 9.17) is 0 Å². The summed E-state index contributed by atoms with van der Waals surface area (Å²) >= 11 is 0. The van der Waals surface area contributed by atoms with E-state index in [1.807, 2.05) is 20.8 Å². The van der Waals surface area contributed by atoms with E-state index in [-0.39, 0.29) is 23.6 Å². The van der Waals surface area contributed by atoms with E-state index in [9.17, 15) is 14.0 Å². The largest absolute Gasteiger partial charge is 0.465 e. The van der Waals surface area contributed by atoms with Gasteiger partial charge in [0.25, 0.3) is 0 Å². The molecule has 2 N–H and O–H groups in total. The first-order valence-corrected chi connectivity index (χ1v) is 6.61. The lowest BCUT2D eigenvalue weighted by atomic mass is 10.1. The van der Waals surface area contributed by atoms with Gasteiger partial charge in [0.05, 0.1) is 19.2 Å². The van der Waals surface area contributed by atoms with Crippen molar-refractivity contribution in [1.29, 1.82) is 0 Å². The first-order valence-electron chi connectivity index (χ1n) is 6.61. The van der Waals surface area contributed by atoms with Crippen LogP contribution in [-0.4, -0.2) is 31.1 Å². The van der Waals surface area contributed by atoms with Gasteiger partial charge in [-0.2, -0.15) is 0 Å². The van der Waals surface area contributed by atoms with Gasteiger partial charge >= 0.3 is 5.97 Å². The number of amides is 1. The molecular weight excluding hydrogens is 275 g/mol. The third-order valence-electron chi connectivity index (χ3n) is 2.57. The minimum absolute atomic E-state index is 0.105. The number of methoxy groups -OCH3 is 1. The van der Waals surface area contributed by atoms with E-state index < -0.39 is 11.8 Å². The monoisotopic (exact) mass is 296 g/mol. The molecule has 1 aromatic rings. The summed E-state index contributed by atoms with van der Waals surface area (Å²) in [7, 11) is 1.20. The quantitative estimate of drug-likeness (QED) is 0.810. The van der Waals surface area contributed by atoms with Crippen molar-refractivity contribution in [3.8, 4) is 0 Å². The maximum Gasteiger partial charge on any atom is 0.340 e. The fraction of sp³-hybridized carbons (Fsp3) is 0.467. The summed E-state index contributed by atoms with van der Waals surface area (Å²) in [5.41, 5.74) is 0.253. The number of carbonyl (C=O) groups excluding carboxylic acids is 2. The van der Waals surface area contributed by atoms with E-state index in [0.717, 1.165) is 0 Å². The fourth-order valence-electron chi connectivity index (χ4n) is 1.73. The zero-order valence-corrected chi connectivity index (χ0v) is 12.7. The minimum Gasteiger partial charge on any atom is -0.465 e. The molecule has 0 aliphatic carbocycles. The van der Waals surface area contributed by atoms with E-state index in [1.165, 1.54) is 19.2 Å². The molecule has 0 unspecified atom stereocenters. The van der Waals surface area contributed by atoms with Crippen molar-refractivity contribution in [3.05, 3.63) is 35.1 Å². The van der Waals surface area contributed by atoms with Crippen LogP contribution in [0, 0.1) is 5.82 Å². The van der Waals surface area contributed by atoms with Crippen LogP contribution in [-0.2, 0) is 16.1 Å². The average molecular weight is 296 g/mol. The van der Waals surface area contributed by atoms with E-state index in [0.29, 0.717) is 12.1 Å². The minimum atomic E-state index is -0.712. The second kappa shape index (κ2) is 7.17. The van der Waals surface area contributed by atoms with Crippen LogP contribution >= 0.6 is 0 Å². The zero-order chi connectivity index (χ0) is 16.0. The number of halogens is 1. The van der Waals surface area contributed by atoms with Gasteiger partial charge in [-0.05, 0) is 38.5 Å². The van der Waals surface area contributed by atoms with E-state index in [1.54, 1.807) is 6.07 Å². The molecule has 0 saturated carbocycles. The van der Waals surface area contributed by atoms with Gasteiger partial charge in [-0.1, -0.05) is 6.07 Å². The van der Waals surface area contributed by atoms with Crippen molar-refractivity contribution >= 4 is 11.9 Å². The number of rotatable bonds is 5. The smallest absolute Gasteiger partial charge is 0.340 e. The van der Waals surface area contributed by atoms with Crippen molar-refractivity contribution < 1.29 is 18.7 Å². The average Bonchev–Trinajstić information content (AvgIpc) is 2.36. The summed E-state index contributed by atoms with van der Waals surface area (Å²) in [6, 6.07) is 4.23. The lowest BCUT2D eigenvalue weighted by molar-refractivity contribution is -0.121. The first-order chi connectivity index (χ1) is 9.73. The van der Waals surface area contributed by atoms with E-state index in [2.05, 4.69) is 15.4 Å². The second-order valence-electron chi connectivity index (χ2n) is 5.71. The highest BCUT2D eigenvalue weighted by atomic mass is 19.1. The van der Waals surface area contributed by atoms with Crippen LogP contribution in [0.1, 0.15) is 36.7 Å². The highest BCUT2D eigenvalue weighted by molar-refractivity contribution is 5.89. The molecule has 0 aliphatic heterocycles. The first kappa shape index (κ1) is 17.1. The highest BCUT2D eigenvalue weighted by Gasteiger charge is 2.14. The number of hydrogen-bond acceptors (Lipinski definition) is 4. The molecule has 0 saturated heterocycles. The number of hydrogen-bond donors (Lipinski definition) is 2. The van der Waals surface area contributed by atoms with Gasteiger partial charge in [-0.25, -0.2) is 9.18 Å². The van der Waals surface area contributed by atoms with Gasteiger partial charge in [-0.3, -0.25) is 4.79 Å². The van der Waals surface area contributed by atoms with Crippen molar-refractivity contribution in [2.45, 2.75) is 32.9 Å². The van der Waals surface area contributed by atoms with Gasteiger partial charge in [0, 0.05) is 12.1 Å². The van der Waals surface area contributed by atoms with Crippen LogP contribution in [0.2, 0.25) is 0 Å². The lowest BCUT2D eigenvalue weighted by Gasteiger charge is -2.20. The molecule has 5 nitrogen and oxygen atoms in total. The molecule has 6 heteroatoms. The SMILES string of the molecule is COC(=O)c1ccc(CNCC(=O)NC(C)(C)C)cc1F. The Kier molecular flexibility index (Phi) is 5.84. The number of nitrogens with one attached hydrogen (secondary N) is 2. The van der Waals surface area contributed by atoms with Crippen molar-refractivity contribution in [2.24, 2.45) is 0 Å². The van der Waals surface area contributed by atoms with Crippen LogP contribution in [0.15, 0.2) is 18.2 Å². The van der Waals surface area contributed by atoms with Crippen LogP contribution in [0.3, 0.4) is 0 Å². The lowest BCUT2D eigenvalue weighted by Crippen LogP contribution is -2.44. The zero-order valence-electron chi connectivity index (χ0n) is 12.7. The second-order valence-corrected chi connectivity index (χ2v) is 5.71. The maximum absolute atomic E-state index is 13.7. The molecule has 0 bridgehead atoms. The molecule has 0 heterocycles. The predicted octanol–water partition coefficient (Wildman–Crippen LogP) is 1.62. The Balaban J connectivity index is 2.52. The molecule has 21 heavy (non-hydrogen) atoms. The van der Waals surface area contributed by atoms with Gasteiger partial charge in [-0.15, -0.1) is 0 Å². The topological polar surface area (TPSA) is 67.4 Å². The third-order valence-corrected chi connectivity index (χ3v) is 2.57. The number of esters is 1. The number of benzene rings is 1. The molecule has 1 aromatic carbocycles. The van der Waals surface area contributed by atoms with Crippen LogP contribution in [0.5, 0.6) is 0 Å². The molecular formula is C15H21FN2O3. The van der Waals surface area contributed by atoms with Gasteiger partial charge < -0.3 is 15.4 Å². The Morgan fingerprint density at radius 3 is 2.48 bits per heavy atom. The van der Waals surface area contributed by atoms with Crippen molar-refractivity contribution in [3.63, 3.8) is 0 Å². The van der Waals surface area contributed by atoms with Gasteiger partial charge in [0.15, 0.2) is 0 Å². The standard InChI is InChI=1S/C15H21FN2O3/c1-15(2,3)18-13(19)9-17-8-10-5-6-11(12(16)7-10)14(20)21-4/h5-7,17H,8-9H2,1-4H3,(H,18,19). The predicted molar refractivity (Wildman–Crippen MR) is 77.3 cm³/mol. The Morgan fingerprint density at radius 2 is 1.95 bits per heavy atom. The molecule has 0 aliphatic rings. The molecule has 0 aromatic heterocycles. The van der Waals surface area contributed by atoms with E-state index >= 15 is 0 Å². The molecule has 0 spiro atoms. The van der Waals surface area contributed by atoms with Crippen LogP contribution in [0.25, 0.3) is 0 Å². The maximum atomic E-state index is 13.7. The molecule has 1 rings (SSSR count). The summed E-state index contributed by atoms with van der Waals surface area (Å²) in [6.07, 6.45) is 0. The normalized spacial score (nSPS) is 11.1. The Labute approximate surface area is 123 Å². The summed E-state index contributed by atoms with van der Waals surface area (Å²) in [4.78, 5) is 22.8. The summed E-state index contributed by atoms with van der Waals surface area (Å²) in [5, 5.41) is 5.73. The molecule has 0 fully saturated rings. The fourth-order valence-corrected chi connectivity index (χ4v) is 1.73. The molecule has 1 amide bonds. The third kappa shape index (κ3) is 5.91. The number of carbonyl (C=O) groups is 2. The molecule has 0 radical (unpaired) electrons. The van der Waals surface area contributed by atoms with Crippen LogP contribution in [0.4, 0.5) is 4.39 Å². The number of ether oxygens (including phenoxy) is 1. The van der Waals surface area contributed by atoms with Crippen LogP contribution < -0.4 is 10.6 Å². The summed E-state index contributed by atoms with van der Waals surface area (Å²) < 4.78 is 18.2. The van der Waals surface area contributed by atoms with Crippen molar-refractivity contribution in [2.75, 3.05) is 13.7 Å². The summed E-state index contributed by atoms with van der Waals surface area (Å²) in [5.74, 6) is -1.48. The molecule has 0 atom stereocenters. The Morgan fingerprint density at radius 1 is 1.29 bits per heavy atom. The van der Waals surface area contributed by atoms with Crippen molar-refractivity contribution in [1.82, 2.24) is 10.6 Å². The summed E-state index contributed by atoms with van der Waals surface area (Å²) in [6.45, 7) is 6.15. The van der Waals surface area contributed by atoms with Gasteiger partial charge in [0.1, 0.15) is 5.82 Å². The Bertz CT molecular complexity index is 524. The molecule has 116 valence electrons. The highest BCUT2D eigenvalue weighted by Crippen LogP contribution is 2.11. The van der Waals surface area contributed by atoms with Gasteiger partial charge in [0.2, 0.25) is 5.91 Å².